The number of carbonyl (C=O) groups is 1. The fourth-order valence-electron chi connectivity index (χ4n) is 2.00. The van der Waals surface area contributed by atoms with Crippen LogP contribution in [0, 0.1) is 0 Å². The molecule has 0 aromatic heterocycles. The summed E-state index contributed by atoms with van der Waals surface area (Å²) in [6.45, 7) is 0.758. The van der Waals surface area contributed by atoms with Crippen LogP contribution in [0.15, 0.2) is 18.2 Å². The molecule has 1 aliphatic rings. The Morgan fingerprint density at radius 1 is 1.53 bits per heavy atom. The number of hydrogen-bond acceptors (Lipinski definition) is 3. The predicted molar refractivity (Wildman–Crippen MR) is 54.8 cm³/mol. The fourth-order valence-corrected chi connectivity index (χ4v) is 2.00. The van der Waals surface area contributed by atoms with Crippen molar-refractivity contribution in [2.45, 2.75) is 18.9 Å². The molecule has 4 nitrogen and oxygen atoms in total. The smallest absolute Gasteiger partial charge is 0.305 e. The highest BCUT2D eigenvalue weighted by Gasteiger charge is 2.21. The molecule has 4 heteroatoms. The van der Waals surface area contributed by atoms with E-state index >= 15 is 0 Å². The van der Waals surface area contributed by atoms with Gasteiger partial charge in [-0.1, -0.05) is 6.07 Å². The van der Waals surface area contributed by atoms with Crippen molar-refractivity contribution in [3.8, 4) is 5.75 Å². The van der Waals surface area contributed by atoms with Crippen LogP contribution in [0.1, 0.15) is 23.6 Å². The lowest BCUT2D eigenvalue weighted by Gasteiger charge is -2.25. The number of benzene rings is 1. The number of aromatic hydroxyl groups is 1. The van der Waals surface area contributed by atoms with Crippen molar-refractivity contribution in [1.29, 1.82) is 0 Å². The monoisotopic (exact) mass is 207 g/mol. The molecular weight excluding hydrogens is 194 g/mol. The average molecular weight is 207 g/mol. The summed E-state index contributed by atoms with van der Waals surface area (Å²) in [4.78, 5) is 10.7. The Bertz CT molecular complexity index is 389. The molecule has 2 rings (SSSR count). The number of nitrogens with one attached hydrogen (secondary N) is 1. The lowest BCUT2D eigenvalue weighted by molar-refractivity contribution is -0.137. The van der Waals surface area contributed by atoms with Crippen LogP contribution in [-0.4, -0.2) is 22.7 Å². The normalized spacial score (nSPS) is 19.6. The molecule has 0 fully saturated rings. The first-order valence-corrected chi connectivity index (χ1v) is 4.94. The Hall–Kier alpha value is -1.55. The third-order valence-corrected chi connectivity index (χ3v) is 2.67. The van der Waals surface area contributed by atoms with Crippen molar-refractivity contribution in [2.24, 2.45) is 0 Å². The first-order valence-electron chi connectivity index (χ1n) is 4.94. The van der Waals surface area contributed by atoms with Gasteiger partial charge in [-0.05, 0) is 36.2 Å². The maximum atomic E-state index is 10.7. The lowest BCUT2D eigenvalue weighted by Crippen LogP contribution is -2.31. The quantitative estimate of drug-likeness (QED) is 0.678. The first kappa shape index (κ1) is 9.98. The second-order valence-corrected chi connectivity index (χ2v) is 3.74. The van der Waals surface area contributed by atoms with Crippen LogP contribution in [0.4, 0.5) is 0 Å². The van der Waals surface area contributed by atoms with Crippen LogP contribution in [-0.2, 0) is 11.2 Å². The summed E-state index contributed by atoms with van der Waals surface area (Å²) in [5.74, 6) is -0.571. The van der Waals surface area contributed by atoms with Gasteiger partial charge in [0.15, 0.2) is 0 Å². The molecule has 0 bridgehead atoms. The summed E-state index contributed by atoms with van der Waals surface area (Å²) in [6, 6.07) is 4.97. The van der Waals surface area contributed by atoms with Gasteiger partial charge in [-0.25, -0.2) is 0 Å². The summed E-state index contributed by atoms with van der Waals surface area (Å²) < 4.78 is 0. The van der Waals surface area contributed by atoms with Gasteiger partial charge in [0.05, 0.1) is 6.42 Å². The molecule has 1 heterocycles. The summed E-state index contributed by atoms with van der Waals surface area (Å²) >= 11 is 0. The van der Waals surface area contributed by atoms with E-state index in [2.05, 4.69) is 5.32 Å². The highest BCUT2D eigenvalue weighted by Crippen LogP contribution is 2.27. The maximum absolute atomic E-state index is 10.7. The Balaban J connectivity index is 2.30. The van der Waals surface area contributed by atoms with Gasteiger partial charge in [0.1, 0.15) is 5.75 Å². The molecule has 0 amide bonds. The van der Waals surface area contributed by atoms with Crippen LogP contribution < -0.4 is 5.32 Å². The first-order chi connectivity index (χ1) is 7.16. The minimum atomic E-state index is -0.812. The molecule has 3 N–H and O–H groups in total. The van der Waals surface area contributed by atoms with Gasteiger partial charge in [0.25, 0.3) is 0 Å². The Morgan fingerprint density at radius 2 is 2.33 bits per heavy atom. The second-order valence-electron chi connectivity index (χ2n) is 3.74. The lowest BCUT2D eigenvalue weighted by atomic mass is 9.92. The number of hydrogen-bond donors (Lipinski definition) is 3. The van der Waals surface area contributed by atoms with Crippen molar-refractivity contribution in [1.82, 2.24) is 5.32 Å². The molecule has 1 atom stereocenters. The van der Waals surface area contributed by atoms with Crippen LogP contribution in [0.25, 0.3) is 0 Å². The molecular formula is C11H13NO3. The molecule has 80 valence electrons. The molecule has 0 spiro atoms. The number of carboxylic acids is 1. The van der Waals surface area contributed by atoms with Crippen molar-refractivity contribution in [3.63, 3.8) is 0 Å². The van der Waals surface area contributed by atoms with Gasteiger partial charge >= 0.3 is 5.97 Å². The zero-order valence-corrected chi connectivity index (χ0v) is 8.23. The van der Waals surface area contributed by atoms with E-state index in [0.717, 1.165) is 24.1 Å². The molecule has 0 aliphatic carbocycles. The van der Waals surface area contributed by atoms with Crippen molar-refractivity contribution < 1.29 is 15.0 Å². The SMILES string of the molecule is O=C(O)CC1NCCc2cc(O)ccc21. The Morgan fingerprint density at radius 3 is 3.07 bits per heavy atom. The predicted octanol–water partition coefficient (Wildman–Crippen LogP) is 1.05. The maximum Gasteiger partial charge on any atom is 0.305 e. The van der Waals surface area contributed by atoms with Gasteiger partial charge < -0.3 is 15.5 Å². The average Bonchev–Trinajstić information content (AvgIpc) is 2.16. The van der Waals surface area contributed by atoms with Gasteiger partial charge in [0, 0.05) is 6.04 Å². The van der Waals surface area contributed by atoms with E-state index in [1.807, 2.05) is 0 Å². The summed E-state index contributed by atoms with van der Waals surface area (Å²) in [7, 11) is 0. The summed E-state index contributed by atoms with van der Waals surface area (Å²) in [5.41, 5.74) is 2.03. The molecule has 15 heavy (non-hydrogen) atoms. The highest BCUT2D eigenvalue weighted by atomic mass is 16.4. The largest absolute Gasteiger partial charge is 0.508 e. The van der Waals surface area contributed by atoms with E-state index in [9.17, 15) is 9.90 Å². The molecule has 1 aromatic carbocycles. The van der Waals surface area contributed by atoms with Crippen LogP contribution in [0.3, 0.4) is 0 Å². The van der Waals surface area contributed by atoms with Crippen LogP contribution in [0.2, 0.25) is 0 Å². The highest BCUT2D eigenvalue weighted by molar-refractivity contribution is 5.68. The molecule has 0 radical (unpaired) electrons. The molecule has 1 unspecified atom stereocenters. The topological polar surface area (TPSA) is 69.6 Å². The van der Waals surface area contributed by atoms with E-state index < -0.39 is 5.97 Å². The van der Waals surface area contributed by atoms with E-state index in [1.54, 1.807) is 18.2 Å². The van der Waals surface area contributed by atoms with Crippen molar-refractivity contribution >= 4 is 5.97 Å². The number of aliphatic carboxylic acids is 1. The van der Waals surface area contributed by atoms with Crippen molar-refractivity contribution in [3.05, 3.63) is 29.3 Å². The molecule has 1 aromatic rings. The number of fused-ring (bicyclic) bond motifs is 1. The minimum Gasteiger partial charge on any atom is -0.508 e. The Labute approximate surface area is 87.6 Å². The zero-order chi connectivity index (χ0) is 10.8. The third-order valence-electron chi connectivity index (χ3n) is 2.67. The van der Waals surface area contributed by atoms with Gasteiger partial charge in [-0.15, -0.1) is 0 Å². The molecule has 1 aliphatic heterocycles. The van der Waals surface area contributed by atoms with Crippen LogP contribution >= 0.6 is 0 Å². The number of rotatable bonds is 2. The fraction of sp³-hybridized carbons (Fsp3) is 0.364. The summed E-state index contributed by atoms with van der Waals surface area (Å²) in [6.07, 6.45) is 0.914. The second kappa shape index (κ2) is 3.90. The van der Waals surface area contributed by atoms with Crippen LogP contribution in [0.5, 0.6) is 5.75 Å². The van der Waals surface area contributed by atoms with E-state index in [1.165, 1.54) is 0 Å². The van der Waals surface area contributed by atoms with E-state index in [-0.39, 0.29) is 18.2 Å². The third kappa shape index (κ3) is 2.10. The zero-order valence-electron chi connectivity index (χ0n) is 8.23. The number of phenolic OH excluding ortho intramolecular Hbond substituents is 1. The Kier molecular flexibility index (Phi) is 2.60. The number of carboxylic acid groups (broad SMARTS) is 1. The van der Waals surface area contributed by atoms with Gasteiger partial charge in [-0.3, -0.25) is 4.79 Å². The van der Waals surface area contributed by atoms with Crippen molar-refractivity contribution in [2.75, 3.05) is 6.54 Å². The molecule has 0 saturated carbocycles. The van der Waals surface area contributed by atoms with Gasteiger partial charge in [-0.2, -0.15) is 0 Å². The number of phenols is 1. The molecule has 0 saturated heterocycles. The standard InChI is InChI=1S/C11H13NO3/c13-8-1-2-9-7(5-8)3-4-12-10(9)6-11(14)15/h1-2,5,10,12-13H,3-4,6H2,(H,14,15). The van der Waals surface area contributed by atoms with E-state index in [4.69, 9.17) is 5.11 Å². The minimum absolute atomic E-state index is 0.0811. The van der Waals surface area contributed by atoms with Gasteiger partial charge in [0.2, 0.25) is 0 Å². The van der Waals surface area contributed by atoms with E-state index in [0.29, 0.717) is 0 Å². The summed E-state index contributed by atoms with van der Waals surface area (Å²) in [5, 5.41) is 21.2.